The van der Waals surface area contributed by atoms with Gasteiger partial charge in [0.05, 0.1) is 0 Å². The monoisotopic (exact) mass is 249 g/mol. The number of carbonyl (C=O) groups excluding carboxylic acids is 1. The molecule has 2 unspecified atom stereocenters. The molecular formula is C14H23N3O. The van der Waals surface area contributed by atoms with Crippen LogP contribution in [0.1, 0.15) is 38.8 Å². The molecule has 0 aliphatic carbocycles. The molecule has 1 aromatic carbocycles. The Morgan fingerprint density at radius 2 is 1.89 bits per heavy atom. The number of hydrogen-bond donors (Lipinski definition) is 3. The van der Waals surface area contributed by atoms with Crippen LogP contribution in [0.3, 0.4) is 0 Å². The molecule has 0 saturated heterocycles. The number of benzene rings is 1. The summed E-state index contributed by atoms with van der Waals surface area (Å²) in [5, 5.41) is 5.64. The van der Waals surface area contributed by atoms with Crippen molar-refractivity contribution in [1.29, 1.82) is 0 Å². The summed E-state index contributed by atoms with van der Waals surface area (Å²) in [6.07, 6.45) is 1.06. The van der Waals surface area contributed by atoms with Gasteiger partial charge < -0.3 is 16.4 Å². The van der Waals surface area contributed by atoms with Gasteiger partial charge in [-0.15, -0.1) is 0 Å². The van der Waals surface area contributed by atoms with Gasteiger partial charge in [-0.2, -0.15) is 0 Å². The fraction of sp³-hybridized carbons (Fsp3) is 0.500. The van der Waals surface area contributed by atoms with Crippen LogP contribution in [-0.2, 0) is 0 Å². The Labute approximate surface area is 109 Å². The Morgan fingerprint density at radius 3 is 2.39 bits per heavy atom. The second-order valence-corrected chi connectivity index (χ2v) is 4.76. The molecule has 0 heterocycles. The van der Waals surface area contributed by atoms with E-state index in [1.54, 1.807) is 0 Å². The van der Waals surface area contributed by atoms with Gasteiger partial charge >= 0.3 is 6.03 Å². The van der Waals surface area contributed by atoms with Crippen molar-refractivity contribution in [2.24, 2.45) is 11.7 Å². The third-order valence-corrected chi connectivity index (χ3v) is 3.00. The van der Waals surface area contributed by atoms with Gasteiger partial charge in [0.25, 0.3) is 0 Å². The third-order valence-electron chi connectivity index (χ3n) is 3.00. The normalized spacial score (nSPS) is 13.8. The van der Waals surface area contributed by atoms with Crippen LogP contribution in [-0.4, -0.2) is 12.6 Å². The van der Waals surface area contributed by atoms with E-state index in [2.05, 4.69) is 24.5 Å². The zero-order valence-electron chi connectivity index (χ0n) is 11.4. The molecule has 2 atom stereocenters. The molecule has 1 rings (SSSR count). The number of nitrogens with one attached hydrogen (secondary N) is 2. The first-order valence-corrected chi connectivity index (χ1v) is 6.43. The van der Waals surface area contributed by atoms with Crippen LogP contribution in [0.4, 0.5) is 10.5 Å². The minimum Gasteiger partial charge on any atom is -0.338 e. The second-order valence-electron chi connectivity index (χ2n) is 4.76. The van der Waals surface area contributed by atoms with Crippen molar-refractivity contribution in [3.05, 3.63) is 29.8 Å². The second kappa shape index (κ2) is 7.01. The maximum absolute atomic E-state index is 11.6. The predicted octanol–water partition coefficient (Wildman–Crippen LogP) is 2.87. The molecule has 100 valence electrons. The van der Waals surface area contributed by atoms with Crippen molar-refractivity contribution in [3.8, 4) is 0 Å². The Kier molecular flexibility index (Phi) is 5.65. The zero-order chi connectivity index (χ0) is 13.5. The maximum Gasteiger partial charge on any atom is 0.319 e. The molecule has 0 aromatic heterocycles. The maximum atomic E-state index is 11.6. The van der Waals surface area contributed by atoms with Crippen molar-refractivity contribution in [1.82, 2.24) is 5.32 Å². The lowest BCUT2D eigenvalue weighted by Crippen LogP contribution is -2.32. The number of urea groups is 1. The number of amides is 2. The van der Waals surface area contributed by atoms with E-state index in [1.807, 2.05) is 31.2 Å². The van der Waals surface area contributed by atoms with Crippen molar-refractivity contribution in [3.63, 3.8) is 0 Å². The average Bonchev–Trinajstić information content (AvgIpc) is 2.36. The number of carbonyl (C=O) groups is 1. The Balaban J connectivity index is 2.44. The molecule has 1 aromatic rings. The predicted molar refractivity (Wildman–Crippen MR) is 75.5 cm³/mol. The van der Waals surface area contributed by atoms with E-state index < -0.39 is 0 Å². The van der Waals surface area contributed by atoms with Crippen molar-refractivity contribution in [2.75, 3.05) is 11.9 Å². The van der Waals surface area contributed by atoms with Gasteiger partial charge in [-0.25, -0.2) is 4.79 Å². The molecule has 2 amide bonds. The van der Waals surface area contributed by atoms with Gasteiger partial charge in [-0.3, -0.25) is 0 Å². The van der Waals surface area contributed by atoms with Gasteiger partial charge in [-0.1, -0.05) is 32.4 Å². The fourth-order valence-electron chi connectivity index (χ4n) is 1.46. The smallest absolute Gasteiger partial charge is 0.319 e. The Morgan fingerprint density at radius 1 is 1.28 bits per heavy atom. The van der Waals surface area contributed by atoms with E-state index in [4.69, 9.17) is 5.73 Å². The largest absolute Gasteiger partial charge is 0.338 e. The van der Waals surface area contributed by atoms with Gasteiger partial charge in [0.2, 0.25) is 0 Å². The van der Waals surface area contributed by atoms with Gasteiger partial charge in [0, 0.05) is 18.3 Å². The minimum atomic E-state index is -0.163. The van der Waals surface area contributed by atoms with E-state index in [1.165, 1.54) is 0 Å². The molecule has 18 heavy (non-hydrogen) atoms. The molecule has 4 heteroatoms. The van der Waals surface area contributed by atoms with Crippen LogP contribution in [0, 0.1) is 5.92 Å². The summed E-state index contributed by atoms with van der Waals surface area (Å²) in [7, 11) is 0. The Bertz CT molecular complexity index is 373. The van der Waals surface area contributed by atoms with Crippen LogP contribution in [0.15, 0.2) is 24.3 Å². The van der Waals surface area contributed by atoms with Crippen molar-refractivity contribution < 1.29 is 4.79 Å². The van der Waals surface area contributed by atoms with Gasteiger partial charge in [0.15, 0.2) is 0 Å². The third kappa shape index (κ3) is 4.75. The highest BCUT2D eigenvalue weighted by Gasteiger charge is 2.04. The summed E-state index contributed by atoms with van der Waals surface area (Å²) in [6.45, 7) is 6.84. The molecule has 0 aliphatic rings. The minimum absolute atomic E-state index is 0.0123. The fourth-order valence-corrected chi connectivity index (χ4v) is 1.46. The number of hydrogen-bond acceptors (Lipinski definition) is 2. The quantitative estimate of drug-likeness (QED) is 0.751. The zero-order valence-corrected chi connectivity index (χ0v) is 11.4. The van der Waals surface area contributed by atoms with E-state index in [9.17, 15) is 4.79 Å². The molecule has 0 fully saturated rings. The number of nitrogens with two attached hydrogens (primary N) is 1. The lowest BCUT2D eigenvalue weighted by molar-refractivity contribution is 0.250. The van der Waals surface area contributed by atoms with E-state index in [0.29, 0.717) is 12.5 Å². The summed E-state index contributed by atoms with van der Waals surface area (Å²) >= 11 is 0. The van der Waals surface area contributed by atoms with Gasteiger partial charge in [-0.05, 0) is 30.5 Å². The molecule has 0 spiro atoms. The van der Waals surface area contributed by atoms with Crippen LogP contribution < -0.4 is 16.4 Å². The molecular weight excluding hydrogens is 226 g/mol. The van der Waals surface area contributed by atoms with Crippen LogP contribution >= 0.6 is 0 Å². The standard InChI is InChI=1S/C14H23N3O/c1-4-10(2)9-16-14(18)17-13-7-5-12(6-8-13)11(3)15/h5-8,10-11H,4,9,15H2,1-3H3,(H2,16,17,18). The lowest BCUT2D eigenvalue weighted by Gasteiger charge is -2.12. The first kappa shape index (κ1) is 14.5. The first-order chi connectivity index (χ1) is 8.52. The van der Waals surface area contributed by atoms with Crippen LogP contribution in [0.2, 0.25) is 0 Å². The number of rotatable bonds is 5. The summed E-state index contributed by atoms with van der Waals surface area (Å²) in [5.41, 5.74) is 7.60. The van der Waals surface area contributed by atoms with E-state index in [0.717, 1.165) is 17.7 Å². The molecule has 0 bridgehead atoms. The van der Waals surface area contributed by atoms with E-state index in [-0.39, 0.29) is 12.1 Å². The van der Waals surface area contributed by atoms with E-state index >= 15 is 0 Å². The molecule has 4 nitrogen and oxygen atoms in total. The molecule has 0 saturated carbocycles. The topological polar surface area (TPSA) is 67.2 Å². The summed E-state index contributed by atoms with van der Waals surface area (Å²) in [4.78, 5) is 11.6. The summed E-state index contributed by atoms with van der Waals surface area (Å²) < 4.78 is 0. The number of anilines is 1. The lowest BCUT2D eigenvalue weighted by atomic mass is 10.1. The summed E-state index contributed by atoms with van der Waals surface area (Å²) in [5.74, 6) is 0.496. The SMILES string of the molecule is CCC(C)CNC(=O)Nc1ccc(C(C)N)cc1. The van der Waals surface area contributed by atoms with Gasteiger partial charge in [0.1, 0.15) is 0 Å². The van der Waals surface area contributed by atoms with Crippen molar-refractivity contribution in [2.45, 2.75) is 33.2 Å². The average molecular weight is 249 g/mol. The highest BCUT2D eigenvalue weighted by atomic mass is 16.2. The molecule has 4 N–H and O–H groups in total. The highest BCUT2D eigenvalue weighted by Crippen LogP contribution is 2.13. The Hall–Kier alpha value is -1.55. The highest BCUT2D eigenvalue weighted by molar-refractivity contribution is 5.89. The molecule has 0 radical (unpaired) electrons. The first-order valence-electron chi connectivity index (χ1n) is 6.43. The van der Waals surface area contributed by atoms with Crippen molar-refractivity contribution >= 4 is 11.7 Å². The van der Waals surface area contributed by atoms with Crippen LogP contribution in [0.25, 0.3) is 0 Å². The van der Waals surface area contributed by atoms with Crippen LogP contribution in [0.5, 0.6) is 0 Å². The summed E-state index contributed by atoms with van der Waals surface area (Å²) in [6, 6.07) is 7.43. The molecule has 0 aliphatic heterocycles.